The molecule has 1 heterocycles. The lowest BCUT2D eigenvalue weighted by atomic mass is 10.0. The lowest BCUT2D eigenvalue weighted by molar-refractivity contribution is -0.136. The van der Waals surface area contributed by atoms with Crippen molar-refractivity contribution in [3.8, 4) is 0 Å². The Labute approximate surface area is 193 Å². The highest BCUT2D eigenvalue weighted by molar-refractivity contribution is 5.83. The number of hydrogen-bond donors (Lipinski definition) is 1. The summed E-state index contributed by atoms with van der Waals surface area (Å²) in [6.07, 6.45) is 2.69. The van der Waals surface area contributed by atoms with Crippen molar-refractivity contribution >= 4 is 17.7 Å². The summed E-state index contributed by atoms with van der Waals surface area (Å²) in [4.78, 5) is 42.4. The van der Waals surface area contributed by atoms with E-state index in [9.17, 15) is 18.8 Å². The van der Waals surface area contributed by atoms with Crippen molar-refractivity contribution < 1.29 is 18.8 Å². The highest BCUT2D eigenvalue weighted by Gasteiger charge is 2.37. The molecule has 2 aliphatic rings. The summed E-state index contributed by atoms with van der Waals surface area (Å²) in [6, 6.07) is 15.4. The molecule has 0 radical (unpaired) electrons. The van der Waals surface area contributed by atoms with E-state index in [1.807, 2.05) is 35.2 Å². The average Bonchev–Trinajstić information content (AvgIpc) is 3.65. The van der Waals surface area contributed by atoms with Gasteiger partial charge in [-0.15, -0.1) is 0 Å². The number of nitrogens with one attached hydrogen (secondary N) is 1. The van der Waals surface area contributed by atoms with Crippen molar-refractivity contribution in [3.05, 3.63) is 71.5 Å². The molecule has 1 saturated carbocycles. The number of nitrogens with zero attached hydrogens (tertiary/aromatic N) is 2. The van der Waals surface area contributed by atoms with Crippen molar-refractivity contribution in [2.45, 2.75) is 38.1 Å². The molecule has 2 aromatic carbocycles. The second-order valence-corrected chi connectivity index (χ2v) is 8.83. The minimum atomic E-state index is -0.369. The molecular weight excluding hydrogens is 421 g/mol. The summed E-state index contributed by atoms with van der Waals surface area (Å²) in [5.41, 5.74) is 1.56. The van der Waals surface area contributed by atoms with Crippen molar-refractivity contribution in [2.75, 3.05) is 26.2 Å². The van der Waals surface area contributed by atoms with Crippen LogP contribution in [-0.4, -0.2) is 53.7 Å². The fourth-order valence-corrected chi connectivity index (χ4v) is 4.37. The maximum absolute atomic E-state index is 13.5. The molecule has 0 aromatic heterocycles. The SMILES string of the molecule is O=C1CC(c2ccccc2)N(C(=O)C2CC2)CCCN(C(=O)Cc2cccc(F)c2)CCN1. The number of carbonyl (C=O) groups is 3. The Morgan fingerprint density at radius 1 is 1.00 bits per heavy atom. The summed E-state index contributed by atoms with van der Waals surface area (Å²) in [5.74, 6) is -0.500. The number of carbonyl (C=O) groups excluding carboxylic acids is 3. The first kappa shape index (κ1) is 23.0. The maximum Gasteiger partial charge on any atom is 0.227 e. The highest BCUT2D eigenvalue weighted by Crippen LogP contribution is 2.35. The number of halogens is 1. The average molecular weight is 452 g/mol. The van der Waals surface area contributed by atoms with Gasteiger partial charge in [-0.25, -0.2) is 4.39 Å². The van der Waals surface area contributed by atoms with E-state index in [-0.39, 0.29) is 48.3 Å². The molecule has 3 amide bonds. The molecule has 33 heavy (non-hydrogen) atoms. The van der Waals surface area contributed by atoms with Gasteiger partial charge in [0.15, 0.2) is 0 Å². The van der Waals surface area contributed by atoms with E-state index in [2.05, 4.69) is 5.32 Å². The molecule has 1 N–H and O–H groups in total. The van der Waals surface area contributed by atoms with Gasteiger partial charge in [-0.05, 0) is 42.5 Å². The molecule has 1 unspecified atom stereocenters. The largest absolute Gasteiger partial charge is 0.354 e. The molecule has 0 bridgehead atoms. The summed E-state index contributed by atoms with van der Waals surface area (Å²) in [7, 11) is 0. The van der Waals surface area contributed by atoms with Gasteiger partial charge in [0.1, 0.15) is 5.82 Å². The minimum absolute atomic E-state index is 0.0371. The summed E-state index contributed by atoms with van der Waals surface area (Å²) in [6.45, 7) is 1.67. The maximum atomic E-state index is 13.5. The van der Waals surface area contributed by atoms with Crippen molar-refractivity contribution in [1.29, 1.82) is 0 Å². The van der Waals surface area contributed by atoms with Crippen LogP contribution in [0.25, 0.3) is 0 Å². The van der Waals surface area contributed by atoms with E-state index < -0.39 is 0 Å². The Bertz CT molecular complexity index is 993. The quantitative estimate of drug-likeness (QED) is 0.777. The Morgan fingerprint density at radius 3 is 2.52 bits per heavy atom. The number of benzene rings is 2. The molecule has 1 atom stereocenters. The Morgan fingerprint density at radius 2 is 1.79 bits per heavy atom. The van der Waals surface area contributed by atoms with Gasteiger partial charge in [0, 0.05) is 32.1 Å². The van der Waals surface area contributed by atoms with Crippen LogP contribution in [0.5, 0.6) is 0 Å². The minimum Gasteiger partial charge on any atom is -0.354 e. The van der Waals surface area contributed by atoms with Crippen LogP contribution in [0.1, 0.15) is 42.9 Å². The summed E-state index contributed by atoms with van der Waals surface area (Å²) >= 11 is 0. The molecular formula is C26H30FN3O3. The van der Waals surface area contributed by atoms with Gasteiger partial charge < -0.3 is 15.1 Å². The first-order valence-corrected chi connectivity index (χ1v) is 11.7. The Hall–Kier alpha value is -3.22. The van der Waals surface area contributed by atoms with Crippen LogP contribution in [0, 0.1) is 11.7 Å². The molecule has 1 aliphatic heterocycles. The van der Waals surface area contributed by atoms with Gasteiger partial charge >= 0.3 is 0 Å². The van der Waals surface area contributed by atoms with Gasteiger partial charge in [-0.3, -0.25) is 14.4 Å². The third-order valence-corrected chi connectivity index (χ3v) is 6.28. The molecule has 2 aromatic rings. The predicted molar refractivity (Wildman–Crippen MR) is 123 cm³/mol. The smallest absolute Gasteiger partial charge is 0.227 e. The van der Waals surface area contributed by atoms with E-state index in [0.29, 0.717) is 38.2 Å². The molecule has 4 rings (SSSR count). The van der Waals surface area contributed by atoms with Gasteiger partial charge in [0.05, 0.1) is 18.9 Å². The third-order valence-electron chi connectivity index (χ3n) is 6.28. The number of hydrogen-bond acceptors (Lipinski definition) is 3. The van der Waals surface area contributed by atoms with Crippen LogP contribution in [-0.2, 0) is 20.8 Å². The van der Waals surface area contributed by atoms with Gasteiger partial charge in [0.2, 0.25) is 17.7 Å². The van der Waals surface area contributed by atoms with Crippen LogP contribution < -0.4 is 5.32 Å². The van der Waals surface area contributed by atoms with Gasteiger partial charge in [-0.1, -0.05) is 42.5 Å². The second kappa shape index (κ2) is 10.6. The second-order valence-electron chi connectivity index (χ2n) is 8.83. The lowest BCUT2D eigenvalue weighted by Gasteiger charge is -2.32. The monoisotopic (exact) mass is 451 g/mol. The lowest BCUT2D eigenvalue weighted by Crippen LogP contribution is -2.40. The highest BCUT2D eigenvalue weighted by atomic mass is 19.1. The molecule has 174 valence electrons. The third kappa shape index (κ3) is 6.18. The van der Waals surface area contributed by atoms with Gasteiger partial charge in [0.25, 0.3) is 0 Å². The molecule has 0 spiro atoms. The fraction of sp³-hybridized carbons (Fsp3) is 0.423. The standard InChI is InChI=1S/C26H30FN3O3/c27-22-9-4-6-19(16-22)17-25(32)29-13-5-14-30(26(33)21-10-11-21)23(18-24(31)28-12-15-29)20-7-2-1-3-8-20/h1-4,6-9,16,21,23H,5,10-15,17-18H2,(H,28,31). The van der Waals surface area contributed by atoms with Crippen molar-refractivity contribution in [3.63, 3.8) is 0 Å². The first-order chi connectivity index (χ1) is 16.0. The van der Waals surface area contributed by atoms with Crippen molar-refractivity contribution in [2.24, 2.45) is 5.92 Å². The molecule has 1 saturated heterocycles. The zero-order valence-corrected chi connectivity index (χ0v) is 18.7. The van der Waals surface area contributed by atoms with Crippen LogP contribution in [0.4, 0.5) is 4.39 Å². The number of rotatable bonds is 4. The molecule has 7 heteroatoms. The Balaban J connectivity index is 1.51. The molecule has 6 nitrogen and oxygen atoms in total. The number of amides is 3. The zero-order chi connectivity index (χ0) is 23.2. The molecule has 1 aliphatic carbocycles. The van der Waals surface area contributed by atoms with E-state index in [1.54, 1.807) is 17.0 Å². The molecule has 2 fully saturated rings. The normalized spacial score (nSPS) is 20.0. The first-order valence-electron chi connectivity index (χ1n) is 11.7. The van der Waals surface area contributed by atoms with E-state index >= 15 is 0 Å². The van der Waals surface area contributed by atoms with Gasteiger partial charge in [-0.2, -0.15) is 0 Å². The fourth-order valence-electron chi connectivity index (χ4n) is 4.37. The van der Waals surface area contributed by atoms with E-state index in [1.165, 1.54) is 12.1 Å². The Kier molecular flexibility index (Phi) is 7.37. The predicted octanol–water partition coefficient (Wildman–Crippen LogP) is 3.09. The summed E-state index contributed by atoms with van der Waals surface area (Å²) in [5, 5.41) is 2.91. The summed E-state index contributed by atoms with van der Waals surface area (Å²) < 4.78 is 13.5. The van der Waals surface area contributed by atoms with Crippen LogP contribution in [0.2, 0.25) is 0 Å². The topological polar surface area (TPSA) is 69.7 Å². The van der Waals surface area contributed by atoms with E-state index in [4.69, 9.17) is 0 Å². The van der Waals surface area contributed by atoms with E-state index in [0.717, 1.165) is 18.4 Å². The zero-order valence-electron chi connectivity index (χ0n) is 18.7. The van der Waals surface area contributed by atoms with Crippen LogP contribution >= 0.6 is 0 Å². The van der Waals surface area contributed by atoms with Crippen molar-refractivity contribution in [1.82, 2.24) is 15.1 Å². The van der Waals surface area contributed by atoms with Crippen LogP contribution in [0.3, 0.4) is 0 Å². The van der Waals surface area contributed by atoms with Crippen LogP contribution in [0.15, 0.2) is 54.6 Å².